The Bertz CT molecular complexity index is 991. The molecule has 1 aromatic carbocycles. The smallest absolute Gasteiger partial charge is 0.294 e. The molecular weight excluding hydrogens is 378 g/mol. The number of carbonyl (C=O) groups is 1. The second-order valence-corrected chi connectivity index (χ2v) is 5.70. The molecule has 0 saturated carbocycles. The highest BCUT2D eigenvalue weighted by Crippen LogP contribution is 2.36. The summed E-state index contributed by atoms with van der Waals surface area (Å²) in [6, 6.07) is 7.99. The number of rotatable bonds is 4. The van der Waals surface area contributed by atoms with Gasteiger partial charge in [0.15, 0.2) is 0 Å². The molecule has 3 rings (SSSR count). The number of benzene rings is 1. The van der Waals surface area contributed by atoms with Crippen LogP contribution in [0.2, 0.25) is 0 Å². The van der Waals surface area contributed by atoms with E-state index in [9.17, 15) is 22.4 Å². The number of hydrogen-bond acceptors (Lipinski definition) is 5. The summed E-state index contributed by atoms with van der Waals surface area (Å²) in [6.07, 6.45) is -2.57. The van der Waals surface area contributed by atoms with Crippen molar-refractivity contribution in [1.29, 1.82) is 0 Å². The van der Waals surface area contributed by atoms with E-state index in [-0.39, 0.29) is 17.0 Å². The number of amides is 1. The number of nitrogens with two attached hydrogens (primary N) is 1. The third-order valence-electron chi connectivity index (χ3n) is 3.81. The molecule has 0 radical (unpaired) electrons. The zero-order valence-corrected chi connectivity index (χ0v) is 14.2. The number of pyridine rings is 1. The Kier molecular flexibility index (Phi) is 5.32. The molecule has 0 saturated heterocycles. The Morgan fingerprint density at radius 2 is 1.64 bits per heavy atom. The van der Waals surface area contributed by atoms with E-state index in [0.717, 1.165) is 12.1 Å². The summed E-state index contributed by atoms with van der Waals surface area (Å²) in [5.74, 6) is 2.42. The summed E-state index contributed by atoms with van der Waals surface area (Å²) in [7, 11) is 0. The predicted molar refractivity (Wildman–Crippen MR) is 91.7 cm³/mol. The summed E-state index contributed by atoms with van der Waals surface area (Å²) in [4.78, 5) is 22.9. The Morgan fingerprint density at radius 3 is 2.21 bits per heavy atom. The molecule has 28 heavy (non-hydrogen) atoms. The topological polar surface area (TPSA) is 93.8 Å². The maximum Gasteiger partial charge on any atom is 0.451 e. The minimum absolute atomic E-state index is 0.0591. The molecule has 2 heterocycles. The molecule has 0 aliphatic carbocycles. The molecule has 6 nitrogen and oxygen atoms in total. The van der Waals surface area contributed by atoms with Crippen molar-refractivity contribution in [2.75, 3.05) is 0 Å². The third-order valence-corrected chi connectivity index (χ3v) is 3.81. The molecular formula is C18H13F4N5O. The number of nitrogens with one attached hydrogen (secondary N) is 1. The first-order valence-corrected chi connectivity index (χ1v) is 7.93. The van der Waals surface area contributed by atoms with E-state index >= 15 is 0 Å². The van der Waals surface area contributed by atoms with Gasteiger partial charge in [0.25, 0.3) is 0 Å². The average Bonchev–Trinajstić information content (AvgIpc) is 2.68. The Balaban J connectivity index is 2.34. The SMILES string of the molecule is NNC(=O)Cc1nc(C(F)(F)F)nc(-c2ccncc2)c1-c1ccc(F)cc1. The average molecular weight is 391 g/mol. The van der Waals surface area contributed by atoms with Gasteiger partial charge in [-0.15, -0.1) is 0 Å². The Hall–Kier alpha value is -3.40. The van der Waals surface area contributed by atoms with Crippen molar-refractivity contribution in [3.05, 3.63) is 66.1 Å². The molecule has 2 aromatic heterocycles. The van der Waals surface area contributed by atoms with E-state index in [1.165, 1.54) is 36.7 Å². The third kappa shape index (κ3) is 4.12. The van der Waals surface area contributed by atoms with Crippen LogP contribution >= 0.6 is 0 Å². The van der Waals surface area contributed by atoms with Crippen molar-refractivity contribution in [3.8, 4) is 22.4 Å². The fourth-order valence-electron chi connectivity index (χ4n) is 2.60. The highest BCUT2D eigenvalue weighted by molar-refractivity contribution is 5.86. The summed E-state index contributed by atoms with van der Waals surface area (Å²) in [5.41, 5.74) is 2.47. The van der Waals surface area contributed by atoms with Gasteiger partial charge >= 0.3 is 6.18 Å². The summed E-state index contributed by atoms with van der Waals surface area (Å²) in [6.45, 7) is 0. The predicted octanol–water partition coefficient (Wildman–Crippen LogP) is 2.90. The van der Waals surface area contributed by atoms with Crippen LogP contribution < -0.4 is 11.3 Å². The molecule has 0 fully saturated rings. The second kappa shape index (κ2) is 7.69. The van der Waals surface area contributed by atoms with E-state index in [2.05, 4.69) is 15.0 Å². The zero-order valence-electron chi connectivity index (χ0n) is 14.2. The fourth-order valence-corrected chi connectivity index (χ4v) is 2.60. The van der Waals surface area contributed by atoms with Crippen LogP contribution in [0.1, 0.15) is 11.5 Å². The van der Waals surface area contributed by atoms with Gasteiger partial charge in [-0.1, -0.05) is 12.1 Å². The van der Waals surface area contributed by atoms with E-state index in [4.69, 9.17) is 5.84 Å². The van der Waals surface area contributed by atoms with E-state index in [1.54, 1.807) is 0 Å². The minimum Gasteiger partial charge on any atom is -0.294 e. The molecule has 10 heteroatoms. The molecule has 0 spiro atoms. The molecule has 3 aromatic rings. The van der Waals surface area contributed by atoms with Crippen molar-refractivity contribution in [2.24, 2.45) is 5.84 Å². The lowest BCUT2D eigenvalue weighted by molar-refractivity contribution is -0.145. The number of aromatic nitrogens is 3. The summed E-state index contributed by atoms with van der Waals surface area (Å²) < 4.78 is 53.4. The molecule has 0 unspecified atom stereocenters. The first kappa shape index (κ1) is 19.4. The fraction of sp³-hybridized carbons (Fsp3) is 0.111. The van der Waals surface area contributed by atoms with Crippen LogP contribution in [0, 0.1) is 5.82 Å². The van der Waals surface area contributed by atoms with Crippen LogP contribution in [0.3, 0.4) is 0 Å². The Labute approximate surface area is 156 Å². The lowest BCUT2D eigenvalue weighted by atomic mass is 9.96. The number of halogens is 4. The van der Waals surface area contributed by atoms with Crippen molar-refractivity contribution in [1.82, 2.24) is 20.4 Å². The van der Waals surface area contributed by atoms with Crippen LogP contribution in [0.4, 0.5) is 17.6 Å². The lowest BCUT2D eigenvalue weighted by Crippen LogP contribution is -2.32. The van der Waals surface area contributed by atoms with Crippen molar-refractivity contribution >= 4 is 5.91 Å². The molecule has 0 bridgehead atoms. The van der Waals surface area contributed by atoms with Gasteiger partial charge in [0.2, 0.25) is 11.7 Å². The summed E-state index contributed by atoms with van der Waals surface area (Å²) in [5, 5.41) is 0. The van der Waals surface area contributed by atoms with Gasteiger partial charge in [0, 0.05) is 23.5 Å². The van der Waals surface area contributed by atoms with Gasteiger partial charge in [-0.2, -0.15) is 13.2 Å². The molecule has 0 atom stereocenters. The number of carbonyl (C=O) groups excluding carboxylic acids is 1. The van der Waals surface area contributed by atoms with E-state index < -0.39 is 30.1 Å². The number of nitrogens with zero attached hydrogens (tertiary/aromatic N) is 3. The maximum atomic E-state index is 13.4. The van der Waals surface area contributed by atoms with Crippen LogP contribution in [0.15, 0.2) is 48.8 Å². The lowest BCUT2D eigenvalue weighted by Gasteiger charge is -2.17. The van der Waals surface area contributed by atoms with E-state index in [0.29, 0.717) is 11.1 Å². The van der Waals surface area contributed by atoms with Crippen LogP contribution in [0.5, 0.6) is 0 Å². The van der Waals surface area contributed by atoms with Crippen LogP contribution in [-0.4, -0.2) is 20.9 Å². The molecule has 3 N–H and O–H groups in total. The van der Waals surface area contributed by atoms with Gasteiger partial charge < -0.3 is 0 Å². The molecule has 144 valence electrons. The molecule has 0 aliphatic rings. The van der Waals surface area contributed by atoms with E-state index in [1.807, 2.05) is 5.43 Å². The van der Waals surface area contributed by atoms with Gasteiger partial charge in [-0.25, -0.2) is 20.2 Å². The molecule has 1 amide bonds. The normalized spacial score (nSPS) is 11.3. The minimum atomic E-state index is -4.84. The van der Waals surface area contributed by atoms with Crippen molar-refractivity contribution < 1.29 is 22.4 Å². The van der Waals surface area contributed by atoms with Gasteiger partial charge in [-0.3, -0.25) is 15.2 Å². The van der Waals surface area contributed by atoms with Crippen LogP contribution in [0.25, 0.3) is 22.4 Å². The first-order valence-electron chi connectivity index (χ1n) is 7.93. The van der Waals surface area contributed by atoms with Crippen molar-refractivity contribution in [3.63, 3.8) is 0 Å². The van der Waals surface area contributed by atoms with Gasteiger partial charge in [0.1, 0.15) is 5.82 Å². The number of hydrogen-bond donors (Lipinski definition) is 2. The quantitative estimate of drug-likeness (QED) is 0.309. The maximum absolute atomic E-state index is 13.4. The largest absolute Gasteiger partial charge is 0.451 e. The van der Waals surface area contributed by atoms with Crippen LogP contribution in [-0.2, 0) is 17.4 Å². The number of alkyl halides is 3. The van der Waals surface area contributed by atoms with Gasteiger partial charge in [-0.05, 0) is 29.8 Å². The summed E-state index contributed by atoms with van der Waals surface area (Å²) >= 11 is 0. The standard InChI is InChI=1S/C18H13F4N5O/c19-12-3-1-10(2-4-12)15-13(9-14(28)27-23)25-17(18(20,21)22)26-16(15)11-5-7-24-8-6-11/h1-8H,9,23H2,(H,27,28). The zero-order chi connectivity index (χ0) is 20.3. The molecule has 0 aliphatic heterocycles. The first-order chi connectivity index (χ1) is 13.3. The second-order valence-electron chi connectivity index (χ2n) is 5.70. The highest BCUT2D eigenvalue weighted by atomic mass is 19.4. The Morgan fingerprint density at radius 1 is 1.00 bits per heavy atom. The van der Waals surface area contributed by atoms with Gasteiger partial charge in [0.05, 0.1) is 17.8 Å². The van der Waals surface area contributed by atoms with Crippen molar-refractivity contribution in [2.45, 2.75) is 12.6 Å². The number of hydrazine groups is 1. The highest BCUT2D eigenvalue weighted by Gasteiger charge is 2.37. The monoisotopic (exact) mass is 391 g/mol.